The maximum atomic E-state index is 13.1. The van der Waals surface area contributed by atoms with Crippen LogP contribution in [0.25, 0.3) is 0 Å². The number of ether oxygens (including phenoxy) is 1. The van der Waals surface area contributed by atoms with Crippen molar-refractivity contribution in [1.82, 2.24) is 14.1 Å². The summed E-state index contributed by atoms with van der Waals surface area (Å²) in [4.78, 5) is 38.6. The number of aliphatic hydroxyl groups is 2. The van der Waals surface area contributed by atoms with Crippen molar-refractivity contribution in [3.8, 4) is 0 Å². The van der Waals surface area contributed by atoms with Gasteiger partial charge in [-0.2, -0.15) is 0 Å². The van der Waals surface area contributed by atoms with Gasteiger partial charge in [0.2, 0.25) is 0 Å². The largest absolute Gasteiger partial charge is 0.387 e. The highest BCUT2D eigenvalue weighted by Gasteiger charge is 2.44. The van der Waals surface area contributed by atoms with Gasteiger partial charge < -0.3 is 29.7 Å². The molecule has 1 fully saturated rings. The zero-order chi connectivity index (χ0) is 23.4. The van der Waals surface area contributed by atoms with Crippen LogP contribution in [0.15, 0.2) is 70.5 Å². The van der Waals surface area contributed by atoms with E-state index in [0.717, 1.165) is 20.5 Å². The predicted molar refractivity (Wildman–Crippen MR) is 120 cm³/mol. The van der Waals surface area contributed by atoms with E-state index in [1.165, 1.54) is 12.3 Å². The number of nitrogens with zero attached hydrogens (tertiary/aromatic N) is 3. The highest BCUT2D eigenvalue weighted by atomic mass is 31.1. The van der Waals surface area contributed by atoms with Gasteiger partial charge in [-0.15, -0.1) is 0 Å². The van der Waals surface area contributed by atoms with E-state index in [4.69, 9.17) is 14.2 Å². The number of hydrogen-bond donors (Lipinski definition) is 4. The smallest absolute Gasteiger partial charge is 0.333 e. The second-order valence-corrected chi connectivity index (χ2v) is 7.88. The third-order valence-electron chi connectivity index (χ3n) is 5.22. The SMILES string of the molecule is O=c1ccn(C2OC(COPO)C(O)C2O)c(=O)n1Cc1cc(Nc2ccccc2)ccn1. The minimum atomic E-state index is -1.43. The molecule has 0 amide bonds. The Kier molecular flexibility index (Phi) is 7.29. The number of benzene rings is 1. The summed E-state index contributed by atoms with van der Waals surface area (Å²) in [6, 6.07) is 14.2. The average Bonchev–Trinajstić information content (AvgIpc) is 3.10. The van der Waals surface area contributed by atoms with Crippen LogP contribution in [-0.4, -0.2) is 54.1 Å². The summed E-state index contributed by atoms with van der Waals surface area (Å²) in [7, 11) is -0.807. The summed E-state index contributed by atoms with van der Waals surface area (Å²) in [6.07, 6.45) is -2.16. The van der Waals surface area contributed by atoms with Crippen molar-refractivity contribution in [3.63, 3.8) is 0 Å². The molecule has 1 saturated heterocycles. The Morgan fingerprint density at radius 2 is 1.88 bits per heavy atom. The number of aliphatic hydroxyl groups excluding tert-OH is 2. The molecular formula is C21H23N4O7P. The van der Waals surface area contributed by atoms with Crippen molar-refractivity contribution in [2.75, 3.05) is 11.9 Å². The molecule has 4 rings (SSSR count). The standard InChI is InChI=1S/C21H23N4O7P/c26-17-7-9-24(20-19(28)18(27)16(32-20)12-31-33-30)21(29)25(17)11-15-10-14(6-8-22-15)23-13-4-2-1-3-5-13/h1-10,16,18-20,27-28,30,33H,11-12H2,(H,22,23). The average molecular weight is 474 g/mol. The number of aromatic nitrogens is 3. The van der Waals surface area contributed by atoms with E-state index >= 15 is 0 Å². The van der Waals surface area contributed by atoms with E-state index in [-0.39, 0.29) is 13.2 Å². The summed E-state index contributed by atoms with van der Waals surface area (Å²) in [5.41, 5.74) is 0.804. The Balaban J connectivity index is 1.58. The lowest BCUT2D eigenvalue weighted by Crippen LogP contribution is -2.43. The highest BCUT2D eigenvalue weighted by molar-refractivity contribution is 7.24. The van der Waals surface area contributed by atoms with E-state index in [2.05, 4.69) is 10.3 Å². The number of para-hydroxylation sites is 1. The van der Waals surface area contributed by atoms with Crippen LogP contribution in [0.4, 0.5) is 11.4 Å². The first-order valence-electron chi connectivity index (χ1n) is 10.1. The topological polar surface area (TPSA) is 148 Å². The van der Waals surface area contributed by atoms with Crippen LogP contribution >= 0.6 is 9.03 Å². The highest BCUT2D eigenvalue weighted by Crippen LogP contribution is 2.29. The van der Waals surface area contributed by atoms with Crippen molar-refractivity contribution in [2.24, 2.45) is 0 Å². The van der Waals surface area contributed by atoms with Gasteiger partial charge in [0.15, 0.2) is 15.3 Å². The second-order valence-electron chi connectivity index (χ2n) is 7.41. The van der Waals surface area contributed by atoms with Crippen molar-refractivity contribution < 1.29 is 24.4 Å². The molecule has 4 N–H and O–H groups in total. The molecule has 0 radical (unpaired) electrons. The van der Waals surface area contributed by atoms with E-state index in [1.54, 1.807) is 18.3 Å². The molecule has 0 saturated carbocycles. The molecule has 33 heavy (non-hydrogen) atoms. The van der Waals surface area contributed by atoms with Gasteiger partial charge >= 0.3 is 5.69 Å². The molecule has 12 heteroatoms. The van der Waals surface area contributed by atoms with Gasteiger partial charge in [-0.3, -0.25) is 18.9 Å². The van der Waals surface area contributed by atoms with Crippen LogP contribution in [0.5, 0.6) is 0 Å². The second kappa shape index (κ2) is 10.3. The summed E-state index contributed by atoms with van der Waals surface area (Å²) < 4.78 is 12.4. The molecule has 1 aromatic carbocycles. The monoisotopic (exact) mass is 474 g/mol. The first-order chi connectivity index (χ1) is 16.0. The Bertz CT molecular complexity index is 1200. The molecule has 1 aliphatic rings. The van der Waals surface area contributed by atoms with E-state index in [9.17, 15) is 19.8 Å². The van der Waals surface area contributed by atoms with Gasteiger partial charge in [-0.05, 0) is 24.3 Å². The minimum absolute atomic E-state index is 0.105. The number of hydrogen-bond acceptors (Lipinski definition) is 9. The fourth-order valence-electron chi connectivity index (χ4n) is 3.58. The molecule has 1 aliphatic heterocycles. The lowest BCUT2D eigenvalue weighted by Gasteiger charge is -2.18. The van der Waals surface area contributed by atoms with Gasteiger partial charge in [0.05, 0.1) is 18.8 Å². The van der Waals surface area contributed by atoms with Crippen LogP contribution in [-0.2, 0) is 15.8 Å². The fraction of sp³-hybridized carbons (Fsp3) is 0.286. The van der Waals surface area contributed by atoms with Crippen molar-refractivity contribution in [3.05, 3.63) is 87.5 Å². The molecule has 5 atom stereocenters. The van der Waals surface area contributed by atoms with Crippen LogP contribution in [0.3, 0.4) is 0 Å². The number of pyridine rings is 1. The van der Waals surface area contributed by atoms with Crippen molar-refractivity contribution in [2.45, 2.75) is 31.1 Å². The van der Waals surface area contributed by atoms with Crippen LogP contribution in [0.2, 0.25) is 0 Å². The van der Waals surface area contributed by atoms with Crippen LogP contribution in [0.1, 0.15) is 11.9 Å². The third kappa shape index (κ3) is 5.19. The summed E-state index contributed by atoms with van der Waals surface area (Å²) >= 11 is 0. The van der Waals surface area contributed by atoms with E-state index < -0.39 is 44.8 Å². The van der Waals surface area contributed by atoms with Crippen molar-refractivity contribution in [1.29, 1.82) is 0 Å². The minimum Gasteiger partial charge on any atom is -0.387 e. The van der Waals surface area contributed by atoms with E-state index in [0.29, 0.717) is 5.69 Å². The zero-order valence-corrected chi connectivity index (χ0v) is 18.3. The Hall–Kier alpha value is -2.92. The summed E-state index contributed by atoms with van der Waals surface area (Å²) in [5, 5.41) is 23.8. The third-order valence-corrected chi connectivity index (χ3v) is 5.51. The molecule has 0 aliphatic carbocycles. The molecule has 5 unspecified atom stereocenters. The molecular weight excluding hydrogens is 451 g/mol. The molecule has 174 valence electrons. The Labute approximate surface area is 189 Å². The first-order valence-corrected chi connectivity index (χ1v) is 10.9. The lowest BCUT2D eigenvalue weighted by atomic mass is 10.1. The number of nitrogens with one attached hydrogen (secondary N) is 1. The predicted octanol–water partition coefficient (Wildman–Crippen LogP) is 0.333. The van der Waals surface area contributed by atoms with E-state index in [1.807, 2.05) is 30.3 Å². The lowest BCUT2D eigenvalue weighted by molar-refractivity contribution is -0.0514. The maximum absolute atomic E-state index is 13.1. The van der Waals surface area contributed by atoms with Gasteiger partial charge in [0.1, 0.15) is 18.3 Å². The maximum Gasteiger partial charge on any atom is 0.333 e. The summed E-state index contributed by atoms with van der Waals surface area (Å²) in [5.74, 6) is 0. The zero-order valence-electron chi connectivity index (χ0n) is 17.3. The quantitative estimate of drug-likeness (QED) is 0.339. The van der Waals surface area contributed by atoms with Gasteiger partial charge in [-0.1, -0.05) is 18.2 Å². The van der Waals surface area contributed by atoms with Gasteiger partial charge in [-0.25, -0.2) is 4.79 Å². The molecule has 0 bridgehead atoms. The molecule has 2 aromatic heterocycles. The Morgan fingerprint density at radius 1 is 1.09 bits per heavy atom. The fourth-order valence-corrected chi connectivity index (χ4v) is 3.82. The number of rotatable bonds is 8. The van der Waals surface area contributed by atoms with Gasteiger partial charge in [0, 0.05) is 29.8 Å². The first kappa shape index (κ1) is 23.2. The normalized spacial score (nSPS) is 22.8. The molecule has 3 heterocycles. The van der Waals surface area contributed by atoms with Crippen LogP contribution in [0, 0.1) is 0 Å². The van der Waals surface area contributed by atoms with Crippen molar-refractivity contribution >= 4 is 20.4 Å². The molecule has 0 spiro atoms. The number of anilines is 2. The van der Waals surface area contributed by atoms with Gasteiger partial charge in [0.25, 0.3) is 5.56 Å². The molecule has 11 nitrogen and oxygen atoms in total. The van der Waals surface area contributed by atoms with Crippen LogP contribution < -0.4 is 16.6 Å². The summed E-state index contributed by atoms with van der Waals surface area (Å²) in [6.45, 7) is -0.268. The molecule has 3 aromatic rings. The Morgan fingerprint density at radius 3 is 2.64 bits per heavy atom.